The van der Waals surface area contributed by atoms with Crippen LogP contribution in [0.3, 0.4) is 0 Å². The standard InChI is InChI=1S/C60H80N4/c1-37(2)49-21-17-22-50(38(3)4)57(49)61-31-45-29-47-33-63(59-53(41(9)10)25-19-26-54(59)42(11)12)36-64(60-55(43(13)14)27-20-28-56(60)44(15)16)34-48(47)30-46(45)32-62(35-61)58-51(39(5)6)23-18-24-52(58)40(7)8/h17-30,35-44H,31-34H2,1-16H3/q+2. The molecule has 0 fully saturated rings. The molecule has 0 saturated heterocycles. The highest BCUT2D eigenvalue weighted by atomic mass is 15.2. The number of para-hydroxylation sites is 4. The molecule has 0 amide bonds. The van der Waals surface area contributed by atoms with E-state index >= 15 is 0 Å². The zero-order valence-corrected chi connectivity index (χ0v) is 42.5. The Morgan fingerprint density at radius 1 is 0.328 bits per heavy atom. The maximum absolute atomic E-state index is 2.63. The van der Waals surface area contributed by atoms with Crippen LogP contribution < -0.4 is 9.80 Å². The zero-order valence-electron chi connectivity index (χ0n) is 42.5. The lowest BCUT2D eigenvalue weighted by atomic mass is 9.90. The first-order chi connectivity index (χ1) is 30.4. The van der Waals surface area contributed by atoms with Gasteiger partial charge in [0.2, 0.25) is 12.7 Å². The highest BCUT2D eigenvalue weighted by molar-refractivity contribution is 5.84. The lowest BCUT2D eigenvalue weighted by molar-refractivity contribution is -0.456. The second-order valence-electron chi connectivity index (χ2n) is 21.5. The molecule has 0 bridgehead atoms. The second kappa shape index (κ2) is 19.3. The summed E-state index contributed by atoms with van der Waals surface area (Å²) in [5.74, 6) is 3.08. The van der Waals surface area contributed by atoms with Crippen molar-refractivity contribution in [2.45, 2.75) is 184 Å². The van der Waals surface area contributed by atoms with Crippen LogP contribution in [0, 0.1) is 0 Å². The summed E-state index contributed by atoms with van der Waals surface area (Å²) in [5.41, 5.74) is 22.4. The molecule has 0 saturated carbocycles. The third kappa shape index (κ3) is 9.27. The van der Waals surface area contributed by atoms with Crippen molar-refractivity contribution in [3.63, 3.8) is 0 Å². The van der Waals surface area contributed by atoms with Gasteiger partial charge < -0.3 is 0 Å². The smallest absolute Gasteiger partial charge is 0.229 e. The van der Waals surface area contributed by atoms with Crippen molar-refractivity contribution in [3.05, 3.63) is 152 Å². The number of hydrogen-bond donors (Lipinski definition) is 0. The highest BCUT2D eigenvalue weighted by Crippen LogP contribution is 2.43. The fraction of sp³-hybridized carbons (Fsp3) is 0.467. The summed E-state index contributed by atoms with van der Waals surface area (Å²) in [6.07, 6.45) is 5.00. The van der Waals surface area contributed by atoms with Crippen molar-refractivity contribution >= 4 is 35.4 Å². The Morgan fingerprint density at radius 2 is 0.562 bits per heavy atom. The van der Waals surface area contributed by atoms with Crippen LogP contribution in [0.5, 0.6) is 0 Å². The molecule has 2 aliphatic heterocycles. The van der Waals surface area contributed by atoms with E-state index in [9.17, 15) is 0 Å². The molecule has 0 unspecified atom stereocenters. The van der Waals surface area contributed by atoms with Crippen LogP contribution >= 0.6 is 0 Å². The molecule has 0 aliphatic carbocycles. The lowest BCUT2D eigenvalue weighted by Gasteiger charge is -2.25. The van der Waals surface area contributed by atoms with Crippen LogP contribution in [0.25, 0.3) is 0 Å². The summed E-state index contributed by atoms with van der Waals surface area (Å²) < 4.78 is 5.27. The number of hydrogen-bond acceptors (Lipinski definition) is 2. The normalized spacial score (nSPS) is 14.6. The van der Waals surface area contributed by atoms with Crippen molar-refractivity contribution < 1.29 is 9.15 Å². The van der Waals surface area contributed by atoms with E-state index < -0.39 is 0 Å². The number of nitrogens with zero attached hydrogens (tertiary/aromatic N) is 4. The molecule has 0 aromatic heterocycles. The van der Waals surface area contributed by atoms with Gasteiger partial charge in [0.25, 0.3) is 0 Å². The van der Waals surface area contributed by atoms with E-state index in [0.717, 1.165) is 26.2 Å². The molecule has 338 valence electrons. The fourth-order valence-electron chi connectivity index (χ4n) is 10.5. The van der Waals surface area contributed by atoms with Crippen molar-refractivity contribution in [2.75, 3.05) is 9.80 Å². The van der Waals surface area contributed by atoms with Crippen LogP contribution in [0.15, 0.2) is 84.9 Å². The third-order valence-electron chi connectivity index (χ3n) is 14.0. The minimum Gasteiger partial charge on any atom is -0.229 e. The summed E-state index contributed by atoms with van der Waals surface area (Å²) in [5, 5.41) is 0. The molecule has 0 atom stereocenters. The molecular weight excluding hydrogens is 777 g/mol. The SMILES string of the molecule is CC(C)c1cccc(C(C)C)c1N1C=[N+](c2c(C(C)C)cccc2C(C)C)Cc2cc3c(cc2C1)CN(c1c(C(C)C)cccc1C(C)C)C=[N+](c1c(C(C)C)cccc1C(C)C)C3. The minimum atomic E-state index is 0.384. The molecule has 4 heteroatoms. The third-order valence-corrected chi connectivity index (χ3v) is 14.0. The molecular formula is C60H80N4+2. The summed E-state index contributed by atoms with van der Waals surface area (Å²) in [6, 6.07) is 33.3. The number of fused-ring (bicyclic) bond motifs is 2. The van der Waals surface area contributed by atoms with Gasteiger partial charge >= 0.3 is 0 Å². The summed E-state index contributed by atoms with van der Waals surface area (Å²) in [7, 11) is 0. The fourth-order valence-corrected chi connectivity index (χ4v) is 10.5. The second-order valence-corrected chi connectivity index (χ2v) is 21.5. The zero-order chi connectivity index (χ0) is 46.3. The van der Waals surface area contributed by atoms with E-state index in [1.165, 1.54) is 89.5 Å². The van der Waals surface area contributed by atoms with Gasteiger partial charge in [-0.3, -0.25) is 0 Å². The summed E-state index contributed by atoms with van der Waals surface area (Å²) in [4.78, 5) is 5.27. The quantitative estimate of drug-likeness (QED) is 0.116. The highest BCUT2D eigenvalue weighted by Gasteiger charge is 2.35. The Balaban J connectivity index is 1.53. The Labute approximate surface area is 388 Å². The van der Waals surface area contributed by atoms with Crippen molar-refractivity contribution in [3.8, 4) is 0 Å². The van der Waals surface area contributed by atoms with E-state index in [1.807, 2.05) is 0 Å². The predicted octanol–water partition coefficient (Wildman–Crippen LogP) is 16.5. The molecule has 2 aliphatic rings. The molecule has 5 aromatic rings. The van der Waals surface area contributed by atoms with Gasteiger partial charge in [0.05, 0.1) is 0 Å². The van der Waals surface area contributed by atoms with Crippen LogP contribution in [-0.2, 0) is 26.2 Å². The molecule has 2 heterocycles. The number of anilines is 2. The van der Waals surface area contributed by atoms with E-state index in [0.29, 0.717) is 47.3 Å². The van der Waals surface area contributed by atoms with Gasteiger partial charge in [-0.05, 0) is 59.5 Å². The summed E-state index contributed by atoms with van der Waals surface area (Å²) >= 11 is 0. The number of rotatable bonds is 12. The molecule has 0 radical (unpaired) electrons. The van der Waals surface area contributed by atoms with Crippen LogP contribution in [0.2, 0.25) is 0 Å². The average Bonchev–Trinajstić information content (AvgIpc) is 3.55. The Morgan fingerprint density at radius 3 is 0.812 bits per heavy atom. The minimum absolute atomic E-state index is 0.384. The van der Waals surface area contributed by atoms with E-state index in [1.54, 1.807) is 0 Å². The van der Waals surface area contributed by atoms with Crippen LogP contribution in [0.4, 0.5) is 22.7 Å². The average molecular weight is 857 g/mol. The monoisotopic (exact) mass is 857 g/mol. The van der Waals surface area contributed by atoms with Gasteiger partial charge in [0.1, 0.15) is 48.9 Å². The maximum atomic E-state index is 2.63. The predicted molar refractivity (Wildman–Crippen MR) is 277 cm³/mol. The number of benzene rings is 5. The molecule has 4 nitrogen and oxygen atoms in total. The largest absolute Gasteiger partial charge is 0.245 e. The van der Waals surface area contributed by atoms with Crippen LogP contribution in [0.1, 0.15) is 225 Å². The maximum Gasteiger partial charge on any atom is 0.245 e. The van der Waals surface area contributed by atoms with Gasteiger partial charge in [0, 0.05) is 66.8 Å². The molecule has 0 N–H and O–H groups in total. The topological polar surface area (TPSA) is 12.5 Å². The van der Waals surface area contributed by atoms with Crippen LogP contribution in [-0.4, -0.2) is 21.8 Å². The van der Waals surface area contributed by atoms with Crippen molar-refractivity contribution in [1.82, 2.24) is 0 Å². The van der Waals surface area contributed by atoms with Gasteiger partial charge in [-0.2, -0.15) is 0 Å². The Bertz CT molecular complexity index is 2260. The first-order valence-corrected chi connectivity index (χ1v) is 24.8. The van der Waals surface area contributed by atoms with Crippen molar-refractivity contribution in [2.24, 2.45) is 0 Å². The van der Waals surface area contributed by atoms with E-state index in [-0.39, 0.29) is 0 Å². The first kappa shape index (κ1) is 47.0. The van der Waals surface area contributed by atoms with Gasteiger partial charge in [-0.15, -0.1) is 0 Å². The van der Waals surface area contributed by atoms with Gasteiger partial charge in [-0.25, -0.2) is 19.0 Å². The molecule has 7 rings (SSSR count). The van der Waals surface area contributed by atoms with Gasteiger partial charge in [0.15, 0.2) is 0 Å². The van der Waals surface area contributed by atoms with Crippen molar-refractivity contribution in [1.29, 1.82) is 0 Å². The van der Waals surface area contributed by atoms with E-state index in [4.69, 9.17) is 0 Å². The molecule has 0 spiro atoms. The lowest BCUT2D eigenvalue weighted by Crippen LogP contribution is -2.28. The summed E-state index contributed by atoms with van der Waals surface area (Å²) in [6.45, 7) is 41.0. The molecule has 64 heavy (non-hydrogen) atoms. The Hall–Kier alpha value is -4.96. The van der Waals surface area contributed by atoms with Gasteiger partial charge in [-0.1, -0.05) is 184 Å². The molecule has 5 aromatic carbocycles. The van der Waals surface area contributed by atoms with E-state index in [2.05, 4.69) is 227 Å². The Kier molecular flexibility index (Phi) is 14.1. The first-order valence-electron chi connectivity index (χ1n) is 24.8.